The predicted molar refractivity (Wildman–Crippen MR) is 145 cm³/mol. The van der Waals surface area contributed by atoms with Crippen molar-refractivity contribution in [3.05, 3.63) is 72.5 Å². The minimum absolute atomic E-state index is 0.889. The zero-order chi connectivity index (χ0) is 28.8. The summed E-state index contributed by atoms with van der Waals surface area (Å²) in [5, 5.41) is 0. The second-order valence-electron chi connectivity index (χ2n) is 9.85. The highest BCUT2D eigenvalue weighted by atomic mass is 35.7. The van der Waals surface area contributed by atoms with Gasteiger partial charge in [-0.25, -0.2) is 18.6 Å². The number of fused-ring (bicyclic) bond motifs is 2. The lowest BCUT2D eigenvalue weighted by Gasteiger charge is -2.18. The molecule has 1 aromatic heterocycles. The Morgan fingerprint density at radius 1 is 0.800 bits per heavy atom. The molecule has 0 aliphatic carbocycles. The largest absolute Gasteiger partial charge is 0.439 e. The number of allylic oxidation sites excluding steroid dienone is 2. The Bertz CT molecular complexity index is 1230. The van der Waals surface area contributed by atoms with E-state index in [0.29, 0.717) is 0 Å². The SMILES string of the molecule is CCCCCCCN1/C(=C\C=C\c2oc3ccccc3[n+]2CCCCCCC)Oc2ccccc21.[O-][Cl+3]([O-])([O-])[O-]. The fourth-order valence-electron chi connectivity index (χ4n) is 4.77. The van der Waals surface area contributed by atoms with Crippen molar-refractivity contribution in [1.29, 1.82) is 0 Å². The van der Waals surface area contributed by atoms with Crippen LogP contribution in [0.5, 0.6) is 5.75 Å². The van der Waals surface area contributed by atoms with Crippen molar-refractivity contribution in [1.82, 2.24) is 0 Å². The first-order valence-electron chi connectivity index (χ1n) is 14.3. The third-order valence-corrected chi connectivity index (χ3v) is 6.72. The molecule has 0 saturated carbocycles. The van der Waals surface area contributed by atoms with Gasteiger partial charge >= 0.3 is 5.89 Å². The van der Waals surface area contributed by atoms with E-state index in [0.717, 1.165) is 47.4 Å². The zero-order valence-electron chi connectivity index (χ0n) is 23.6. The van der Waals surface area contributed by atoms with Gasteiger partial charge in [-0.15, -0.1) is 10.2 Å². The lowest BCUT2D eigenvalue weighted by atomic mass is 10.1. The van der Waals surface area contributed by atoms with Crippen molar-refractivity contribution < 1.29 is 42.6 Å². The molecule has 0 N–H and O–H groups in total. The average molecular weight is 573 g/mol. The smallest absolute Gasteiger partial charge is 0.374 e. The highest BCUT2D eigenvalue weighted by Gasteiger charge is 2.25. The predicted octanol–water partition coefficient (Wildman–Crippen LogP) is 3.66. The molecule has 0 atom stereocenters. The topological polar surface area (TPSA) is 122 Å². The van der Waals surface area contributed by atoms with Gasteiger partial charge in [0.15, 0.2) is 12.3 Å². The Labute approximate surface area is 239 Å². The van der Waals surface area contributed by atoms with Crippen LogP contribution in [0, 0.1) is 10.2 Å². The summed E-state index contributed by atoms with van der Waals surface area (Å²) in [6, 6.07) is 16.6. The molecule has 2 heterocycles. The van der Waals surface area contributed by atoms with Gasteiger partial charge in [-0.2, -0.15) is 4.57 Å². The van der Waals surface area contributed by atoms with Gasteiger partial charge in [0.05, 0.1) is 11.8 Å². The fraction of sp³-hybridized carbons (Fsp3) is 0.452. The maximum Gasteiger partial charge on any atom is 0.374 e. The summed E-state index contributed by atoms with van der Waals surface area (Å²) < 4.78 is 48.7. The van der Waals surface area contributed by atoms with Crippen LogP contribution in [0.4, 0.5) is 5.69 Å². The zero-order valence-corrected chi connectivity index (χ0v) is 24.3. The molecule has 0 unspecified atom stereocenters. The number of ether oxygens (including phenoxy) is 1. The monoisotopic (exact) mass is 572 g/mol. The highest BCUT2D eigenvalue weighted by Crippen LogP contribution is 2.38. The summed E-state index contributed by atoms with van der Waals surface area (Å²) in [5.74, 6) is 2.71. The summed E-state index contributed by atoms with van der Waals surface area (Å²) in [7, 11) is -4.94. The molecular weight excluding hydrogens is 532 g/mol. The van der Waals surface area contributed by atoms with Crippen LogP contribution in [0.3, 0.4) is 0 Å². The number of hydrogen-bond acceptors (Lipinski definition) is 7. The van der Waals surface area contributed by atoms with E-state index >= 15 is 0 Å². The molecule has 40 heavy (non-hydrogen) atoms. The van der Waals surface area contributed by atoms with Gasteiger partial charge in [0.2, 0.25) is 11.5 Å². The molecule has 0 fully saturated rings. The van der Waals surface area contributed by atoms with Gasteiger partial charge in [0.1, 0.15) is 0 Å². The van der Waals surface area contributed by atoms with Crippen molar-refractivity contribution in [2.75, 3.05) is 11.4 Å². The number of aromatic nitrogens is 1. The summed E-state index contributed by atoms with van der Waals surface area (Å²) in [5.41, 5.74) is 3.26. The average Bonchev–Trinajstić information content (AvgIpc) is 3.45. The Kier molecular flexibility index (Phi) is 13.0. The summed E-state index contributed by atoms with van der Waals surface area (Å²) in [6.45, 7) is 6.47. The summed E-state index contributed by atoms with van der Waals surface area (Å²) >= 11 is 0. The fourth-order valence-corrected chi connectivity index (χ4v) is 4.77. The van der Waals surface area contributed by atoms with Crippen molar-refractivity contribution in [2.45, 2.75) is 84.6 Å². The molecule has 3 aromatic rings. The van der Waals surface area contributed by atoms with E-state index in [1.807, 2.05) is 12.1 Å². The van der Waals surface area contributed by atoms with Gasteiger partial charge in [-0.05, 0) is 43.2 Å². The van der Waals surface area contributed by atoms with E-state index in [1.54, 1.807) is 0 Å². The number of halogens is 1. The Hall–Kier alpha value is -2.88. The van der Waals surface area contributed by atoms with Crippen LogP contribution in [0.1, 0.15) is 83.9 Å². The van der Waals surface area contributed by atoms with Crippen molar-refractivity contribution in [3.8, 4) is 5.75 Å². The molecule has 0 amide bonds. The third-order valence-electron chi connectivity index (χ3n) is 6.72. The van der Waals surface area contributed by atoms with E-state index in [4.69, 9.17) is 27.8 Å². The van der Waals surface area contributed by atoms with E-state index in [9.17, 15) is 0 Å². The third kappa shape index (κ3) is 10.3. The molecule has 9 heteroatoms. The molecule has 218 valence electrons. The number of oxazole rings is 1. The highest BCUT2D eigenvalue weighted by molar-refractivity contribution is 5.70. The van der Waals surface area contributed by atoms with Crippen LogP contribution < -0.4 is 32.8 Å². The number of para-hydroxylation sites is 4. The van der Waals surface area contributed by atoms with Crippen LogP contribution in [0.15, 0.2) is 71.0 Å². The molecule has 0 saturated heterocycles. The molecule has 1 aliphatic heterocycles. The molecule has 0 bridgehead atoms. The number of unbranched alkanes of at least 4 members (excludes halogenated alkanes) is 8. The minimum atomic E-state index is -4.94. The number of nitrogens with zero attached hydrogens (tertiary/aromatic N) is 2. The Morgan fingerprint density at radius 2 is 1.43 bits per heavy atom. The molecule has 0 spiro atoms. The number of rotatable bonds is 14. The van der Waals surface area contributed by atoms with Crippen molar-refractivity contribution in [2.24, 2.45) is 0 Å². The number of aryl methyl sites for hydroxylation is 1. The summed E-state index contributed by atoms with van der Waals surface area (Å²) in [6.07, 6.45) is 18.8. The lowest BCUT2D eigenvalue weighted by Crippen LogP contribution is -2.68. The standard InChI is InChI=1S/C31H41N2O2.ClHO4/c1-3-5-7-9-15-24-32-26-18-11-13-20-28(26)34-30(32)22-17-23-31-33(25-16-10-8-6-4-2)27-19-12-14-21-29(27)35-31;2-1(3,4)5/h11-14,17-23H,3-10,15-16,24-25H2,1-2H3;(H,2,3,4,5)/q+1;/p-1. The Morgan fingerprint density at radius 3 is 2.15 bits per heavy atom. The van der Waals surface area contributed by atoms with Crippen molar-refractivity contribution in [3.63, 3.8) is 0 Å². The number of benzene rings is 2. The first-order chi connectivity index (χ1) is 19.3. The first kappa shape index (κ1) is 31.6. The molecule has 4 rings (SSSR count). The second kappa shape index (κ2) is 16.4. The molecule has 1 aliphatic rings. The lowest BCUT2D eigenvalue weighted by molar-refractivity contribution is -2.00. The normalized spacial score (nSPS) is 14.1. The van der Waals surface area contributed by atoms with Gasteiger partial charge in [-0.3, -0.25) is 0 Å². The van der Waals surface area contributed by atoms with Gasteiger partial charge in [0, 0.05) is 19.0 Å². The number of hydrogen-bond donors (Lipinski definition) is 0. The van der Waals surface area contributed by atoms with Gasteiger partial charge in [-0.1, -0.05) is 83.1 Å². The molecule has 0 radical (unpaired) electrons. The van der Waals surface area contributed by atoms with Gasteiger partial charge in [0.25, 0.3) is 5.52 Å². The molecular formula is C31H41ClN2O6. The maximum absolute atomic E-state index is 8.49. The van der Waals surface area contributed by atoms with Crippen molar-refractivity contribution >= 4 is 22.9 Å². The second-order valence-corrected chi connectivity index (χ2v) is 10.6. The van der Waals surface area contributed by atoms with E-state index < -0.39 is 10.2 Å². The number of anilines is 1. The molecule has 8 nitrogen and oxygen atoms in total. The maximum atomic E-state index is 8.49. The first-order valence-corrected chi connectivity index (χ1v) is 15.5. The summed E-state index contributed by atoms with van der Waals surface area (Å²) in [4.78, 5) is 2.31. The van der Waals surface area contributed by atoms with E-state index in [2.05, 4.69) is 77.9 Å². The van der Waals surface area contributed by atoms with Crippen LogP contribution in [0.25, 0.3) is 17.2 Å². The van der Waals surface area contributed by atoms with Crippen LogP contribution in [-0.2, 0) is 6.54 Å². The van der Waals surface area contributed by atoms with E-state index in [-0.39, 0.29) is 0 Å². The van der Waals surface area contributed by atoms with E-state index in [1.165, 1.54) is 64.2 Å². The van der Waals surface area contributed by atoms with Crippen LogP contribution in [-0.4, -0.2) is 6.54 Å². The quantitative estimate of drug-likeness (QED) is 0.213. The van der Waals surface area contributed by atoms with Gasteiger partial charge < -0.3 is 14.1 Å². The Balaban J connectivity index is 0.000000810. The van der Waals surface area contributed by atoms with Crippen LogP contribution >= 0.6 is 0 Å². The van der Waals surface area contributed by atoms with Crippen LogP contribution in [0.2, 0.25) is 0 Å². The molecule has 2 aromatic carbocycles. The minimum Gasteiger partial charge on any atom is -0.439 e.